The first kappa shape index (κ1) is 34.4. The van der Waals surface area contributed by atoms with E-state index in [-0.39, 0.29) is 17.5 Å². The van der Waals surface area contributed by atoms with Gasteiger partial charge in [0.25, 0.3) is 0 Å². The number of piperazine rings is 1. The third-order valence-electron chi connectivity index (χ3n) is 8.27. The third kappa shape index (κ3) is 8.31. The van der Waals surface area contributed by atoms with Gasteiger partial charge in [0, 0.05) is 68.8 Å². The Morgan fingerprint density at radius 2 is 1.69 bits per heavy atom. The van der Waals surface area contributed by atoms with E-state index >= 15 is 4.39 Å². The van der Waals surface area contributed by atoms with Gasteiger partial charge in [0.05, 0.1) is 19.9 Å². The average Bonchev–Trinajstić information content (AvgIpc) is 3.08. The molecule has 1 aromatic heterocycles. The summed E-state index contributed by atoms with van der Waals surface area (Å²) in [4.78, 5) is 28.9. The van der Waals surface area contributed by atoms with E-state index in [9.17, 15) is 4.79 Å². The SMILES string of the molecule is COc1ccc(OC)c(N(C(=O)Oc2c(C)cccc2C)c2ccnc(Nc3ccc(OCCN4CCN(C(C)C)CC4)c(F)c3)n2)c1. The van der Waals surface area contributed by atoms with Crippen molar-refractivity contribution in [1.29, 1.82) is 0 Å². The Labute approximate surface area is 281 Å². The standard InChI is InChI=1S/C36H43FN6O5/c1-24(2)42-18-16-41(17-19-42)20-21-47-31-12-10-27(22-29(31)37)39-35-38-15-14-33(40-35)43(30-23-28(45-5)11-13-32(30)46-6)36(44)48-34-25(3)8-7-9-26(34)4/h7-15,22-24H,16-21H2,1-6H3,(H,38,39,40). The summed E-state index contributed by atoms with van der Waals surface area (Å²) in [6, 6.07) is 17.4. The number of hydrogen-bond acceptors (Lipinski definition) is 10. The van der Waals surface area contributed by atoms with Crippen LogP contribution in [-0.2, 0) is 0 Å². The smallest absolute Gasteiger partial charge is 0.425 e. The Morgan fingerprint density at radius 3 is 2.35 bits per heavy atom. The highest BCUT2D eigenvalue weighted by molar-refractivity contribution is 5.98. The molecule has 0 saturated carbocycles. The fourth-order valence-corrected chi connectivity index (χ4v) is 5.53. The summed E-state index contributed by atoms with van der Waals surface area (Å²) in [5.41, 5.74) is 2.34. The molecule has 0 bridgehead atoms. The van der Waals surface area contributed by atoms with Crippen LogP contribution in [0.15, 0.2) is 66.9 Å². The number of rotatable bonds is 12. The van der Waals surface area contributed by atoms with Crippen molar-refractivity contribution >= 4 is 29.2 Å². The fraction of sp³-hybridized carbons (Fsp3) is 0.361. The van der Waals surface area contributed by atoms with Gasteiger partial charge in [-0.25, -0.2) is 19.1 Å². The first-order chi connectivity index (χ1) is 23.2. The molecule has 1 amide bonds. The molecule has 1 aliphatic heterocycles. The Kier molecular flexibility index (Phi) is 11.3. The summed E-state index contributed by atoms with van der Waals surface area (Å²) in [6.45, 7) is 13.2. The minimum absolute atomic E-state index is 0.132. The molecular weight excluding hydrogens is 615 g/mol. The largest absolute Gasteiger partial charge is 0.497 e. The number of aromatic nitrogens is 2. The Hall–Kier alpha value is -4.94. The molecule has 1 saturated heterocycles. The van der Waals surface area contributed by atoms with Gasteiger partial charge in [0.1, 0.15) is 29.7 Å². The van der Waals surface area contributed by atoms with Gasteiger partial charge in [-0.15, -0.1) is 0 Å². The van der Waals surface area contributed by atoms with Gasteiger partial charge in [0.2, 0.25) is 5.95 Å². The number of para-hydroxylation sites is 1. The highest BCUT2D eigenvalue weighted by atomic mass is 19.1. The van der Waals surface area contributed by atoms with Crippen LogP contribution in [0.4, 0.5) is 32.3 Å². The Balaban J connectivity index is 1.33. The molecule has 48 heavy (non-hydrogen) atoms. The number of ether oxygens (including phenoxy) is 4. The van der Waals surface area contributed by atoms with Gasteiger partial charge in [0.15, 0.2) is 11.6 Å². The first-order valence-corrected chi connectivity index (χ1v) is 16.0. The number of halogens is 1. The number of methoxy groups -OCH3 is 2. The molecule has 0 radical (unpaired) electrons. The maximum Gasteiger partial charge on any atom is 0.425 e. The molecule has 0 aliphatic carbocycles. The number of carbonyl (C=O) groups is 1. The van der Waals surface area contributed by atoms with Gasteiger partial charge >= 0.3 is 6.09 Å². The molecule has 11 nitrogen and oxygen atoms in total. The quantitative estimate of drug-likeness (QED) is 0.176. The highest BCUT2D eigenvalue weighted by Gasteiger charge is 2.27. The second-order valence-electron chi connectivity index (χ2n) is 11.8. The van der Waals surface area contributed by atoms with E-state index in [1.54, 1.807) is 36.4 Å². The lowest BCUT2D eigenvalue weighted by molar-refractivity contribution is 0.0965. The van der Waals surface area contributed by atoms with E-state index in [4.69, 9.17) is 18.9 Å². The molecule has 254 valence electrons. The number of anilines is 4. The van der Waals surface area contributed by atoms with E-state index in [1.165, 1.54) is 31.4 Å². The molecule has 0 spiro atoms. The summed E-state index contributed by atoms with van der Waals surface area (Å²) in [6.07, 6.45) is 0.767. The zero-order valence-corrected chi connectivity index (χ0v) is 28.3. The van der Waals surface area contributed by atoms with Crippen molar-refractivity contribution in [1.82, 2.24) is 19.8 Å². The van der Waals surface area contributed by atoms with E-state index in [0.29, 0.717) is 41.3 Å². The Bertz CT molecular complexity index is 1690. The Morgan fingerprint density at radius 1 is 0.958 bits per heavy atom. The van der Waals surface area contributed by atoms with Gasteiger partial charge in [-0.2, -0.15) is 4.98 Å². The number of carbonyl (C=O) groups excluding carboxylic acids is 1. The zero-order chi connectivity index (χ0) is 34.2. The normalized spacial score (nSPS) is 13.7. The molecule has 1 fully saturated rings. The van der Waals surface area contributed by atoms with Crippen molar-refractivity contribution in [2.75, 3.05) is 63.8 Å². The van der Waals surface area contributed by atoms with Crippen LogP contribution >= 0.6 is 0 Å². The van der Waals surface area contributed by atoms with Crippen LogP contribution in [0.2, 0.25) is 0 Å². The summed E-state index contributed by atoms with van der Waals surface area (Å²) in [5, 5.41) is 3.03. The van der Waals surface area contributed by atoms with Crippen molar-refractivity contribution < 1.29 is 28.1 Å². The monoisotopic (exact) mass is 658 g/mol. The van der Waals surface area contributed by atoms with E-state index in [0.717, 1.165) is 43.9 Å². The summed E-state index contributed by atoms with van der Waals surface area (Å²) in [7, 11) is 3.03. The number of nitrogens with zero attached hydrogens (tertiary/aromatic N) is 5. The molecule has 2 heterocycles. The van der Waals surface area contributed by atoms with E-state index < -0.39 is 11.9 Å². The predicted molar refractivity (Wildman–Crippen MR) is 184 cm³/mol. The van der Waals surface area contributed by atoms with Crippen LogP contribution in [0.25, 0.3) is 0 Å². The lowest BCUT2D eigenvalue weighted by Crippen LogP contribution is -2.49. The maximum atomic E-state index is 15.1. The number of amides is 1. The van der Waals surface area contributed by atoms with Gasteiger partial charge < -0.3 is 24.3 Å². The van der Waals surface area contributed by atoms with Crippen molar-refractivity contribution in [2.45, 2.75) is 33.7 Å². The van der Waals surface area contributed by atoms with Crippen LogP contribution < -0.4 is 29.2 Å². The third-order valence-corrected chi connectivity index (χ3v) is 8.27. The number of aryl methyl sites for hydroxylation is 2. The zero-order valence-electron chi connectivity index (χ0n) is 28.3. The first-order valence-electron chi connectivity index (χ1n) is 16.0. The van der Waals surface area contributed by atoms with Gasteiger partial charge in [-0.3, -0.25) is 9.80 Å². The van der Waals surface area contributed by atoms with Gasteiger partial charge in [-0.1, -0.05) is 18.2 Å². The fourth-order valence-electron chi connectivity index (χ4n) is 5.53. The van der Waals surface area contributed by atoms with Crippen LogP contribution in [0.3, 0.4) is 0 Å². The van der Waals surface area contributed by atoms with Crippen LogP contribution in [0, 0.1) is 19.7 Å². The second-order valence-corrected chi connectivity index (χ2v) is 11.8. The molecule has 4 aromatic rings. The molecular formula is C36H43FN6O5. The van der Waals surface area contributed by atoms with Crippen molar-refractivity contribution in [3.63, 3.8) is 0 Å². The lowest BCUT2D eigenvalue weighted by Gasteiger charge is -2.36. The molecule has 1 aliphatic rings. The van der Waals surface area contributed by atoms with Crippen molar-refractivity contribution in [2.24, 2.45) is 0 Å². The molecule has 3 aromatic carbocycles. The van der Waals surface area contributed by atoms with E-state index in [1.807, 2.05) is 32.0 Å². The summed E-state index contributed by atoms with van der Waals surface area (Å²) in [5.74, 6) is 1.29. The topological polar surface area (TPSA) is 102 Å². The molecule has 12 heteroatoms. The second kappa shape index (κ2) is 15.8. The molecule has 0 atom stereocenters. The van der Waals surface area contributed by atoms with Crippen LogP contribution in [0.1, 0.15) is 25.0 Å². The maximum absolute atomic E-state index is 15.1. The minimum atomic E-state index is -0.724. The molecule has 1 N–H and O–H groups in total. The summed E-state index contributed by atoms with van der Waals surface area (Å²) >= 11 is 0. The highest BCUT2D eigenvalue weighted by Crippen LogP contribution is 2.38. The number of benzene rings is 3. The van der Waals surface area contributed by atoms with Crippen molar-refractivity contribution in [3.05, 3.63) is 83.8 Å². The van der Waals surface area contributed by atoms with Crippen molar-refractivity contribution in [3.8, 4) is 23.0 Å². The van der Waals surface area contributed by atoms with Crippen LogP contribution in [-0.4, -0.2) is 85.5 Å². The number of hydrogen-bond donors (Lipinski definition) is 1. The summed E-state index contributed by atoms with van der Waals surface area (Å²) < 4.78 is 37.8. The van der Waals surface area contributed by atoms with Gasteiger partial charge in [-0.05, 0) is 63.1 Å². The van der Waals surface area contributed by atoms with Crippen LogP contribution in [0.5, 0.6) is 23.0 Å². The predicted octanol–water partition coefficient (Wildman–Crippen LogP) is 6.74. The minimum Gasteiger partial charge on any atom is -0.497 e. The van der Waals surface area contributed by atoms with E-state index in [2.05, 4.69) is 38.9 Å². The lowest BCUT2D eigenvalue weighted by atomic mass is 10.1. The average molecular weight is 659 g/mol. The molecule has 5 rings (SSSR count). The molecule has 0 unspecified atom stereocenters. The number of nitrogens with one attached hydrogen (secondary N) is 1.